The molecule has 4 aromatic rings. The van der Waals surface area contributed by atoms with E-state index in [2.05, 4.69) is 30.3 Å². The number of rotatable bonds is 7. The van der Waals surface area contributed by atoms with Gasteiger partial charge >= 0.3 is 0 Å². The molecule has 0 saturated heterocycles. The molecule has 0 spiro atoms. The molecule has 0 fully saturated rings. The summed E-state index contributed by atoms with van der Waals surface area (Å²) in [5, 5.41) is 0.906. The molecular formula is C24H25N3O2. The van der Waals surface area contributed by atoms with Crippen LogP contribution >= 0.6 is 0 Å². The Morgan fingerprint density at radius 1 is 1.10 bits per heavy atom. The number of hydrogen-bond acceptors (Lipinski definition) is 4. The van der Waals surface area contributed by atoms with Crippen LogP contribution in [0.2, 0.25) is 0 Å². The van der Waals surface area contributed by atoms with Crippen molar-refractivity contribution >= 4 is 28.1 Å². The molecule has 0 aliphatic carbocycles. The van der Waals surface area contributed by atoms with Crippen LogP contribution in [0.4, 0.5) is 0 Å². The SMILES string of the molecule is C=Cc1ccc(-c2nc3c(=O)n(CCN(CC)CC)c4ccccc4c3o2)cc1. The maximum Gasteiger partial charge on any atom is 0.280 e. The highest BCUT2D eigenvalue weighted by Gasteiger charge is 2.18. The molecule has 2 aromatic carbocycles. The van der Waals surface area contributed by atoms with Crippen molar-refractivity contribution in [2.75, 3.05) is 19.6 Å². The van der Waals surface area contributed by atoms with E-state index in [0.29, 0.717) is 23.5 Å². The van der Waals surface area contributed by atoms with Crippen LogP contribution in [0.5, 0.6) is 0 Å². The van der Waals surface area contributed by atoms with E-state index in [1.54, 1.807) is 6.08 Å². The van der Waals surface area contributed by atoms with Crippen molar-refractivity contribution in [3.63, 3.8) is 0 Å². The molecule has 0 saturated carbocycles. The number of benzene rings is 2. The van der Waals surface area contributed by atoms with E-state index in [9.17, 15) is 4.79 Å². The van der Waals surface area contributed by atoms with Gasteiger partial charge in [-0.1, -0.05) is 50.8 Å². The molecule has 0 aliphatic rings. The van der Waals surface area contributed by atoms with Crippen LogP contribution in [0.25, 0.3) is 39.5 Å². The quantitative estimate of drug-likeness (QED) is 0.457. The zero-order valence-electron chi connectivity index (χ0n) is 16.9. The highest BCUT2D eigenvalue weighted by Crippen LogP contribution is 2.28. The zero-order chi connectivity index (χ0) is 20.4. The third kappa shape index (κ3) is 3.49. The van der Waals surface area contributed by atoms with Crippen molar-refractivity contribution in [2.24, 2.45) is 0 Å². The van der Waals surface area contributed by atoms with Crippen LogP contribution in [-0.2, 0) is 6.54 Å². The van der Waals surface area contributed by atoms with Gasteiger partial charge in [0.2, 0.25) is 5.89 Å². The molecule has 0 N–H and O–H groups in total. The van der Waals surface area contributed by atoms with Gasteiger partial charge in [-0.2, -0.15) is 0 Å². The molecule has 5 heteroatoms. The second-order valence-electron chi connectivity index (χ2n) is 7.02. The first kappa shape index (κ1) is 19.2. The Hall–Kier alpha value is -3.18. The number of oxazole rings is 1. The van der Waals surface area contributed by atoms with Crippen LogP contribution in [0, 0.1) is 0 Å². The molecule has 0 unspecified atom stereocenters. The van der Waals surface area contributed by atoms with Crippen LogP contribution in [-0.4, -0.2) is 34.1 Å². The summed E-state index contributed by atoms with van der Waals surface area (Å²) in [5.74, 6) is 0.458. The van der Waals surface area contributed by atoms with Gasteiger partial charge in [-0.05, 0) is 42.9 Å². The lowest BCUT2D eigenvalue weighted by Crippen LogP contribution is -2.31. The van der Waals surface area contributed by atoms with Gasteiger partial charge in [0.05, 0.1) is 5.52 Å². The number of likely N-dealkylation sites (N-methyl/N-ethyl adjacent to an activating group) is 1. The number of aromatic nitrogens is 2. The minimum Gasteiger partial charge on any atom is -0.435 e. The lowest BCUT2D eigenvalue weighted by Gasteiger charge is -2.19. The average molecular weight is 387 g/mol. The first-order chi connectivity index (χ1) is 14.2. The number of para-hydroxylation sites is 1. The normalized spacial score (nSPS) is 11.6. The molecule has 2 heterocycles. The van der Waals surface area contributed by atoms with Gasteiger partial charge in [-0.15, -0.1) is 0 Å². The molecule has 148 valence electrons. The molecule has 0 amide bonds. The van der Waals surface area contributed by atoms with Gasteiger partial charge in [-0.25, -0.2) is 4.98 Å². The van der Waals surface area contributed by atoms with E-state index in [1.165, 1.54) is 0 Å². The standard InChI is InChI=1S/C24H25N3O2/c1-4-17-11-13-18(14-12-17)23-25-21-22(29-23)19-9-7-8-10-20(19)27(24(21)28)16-15-26(5-2)6-3/h4,7-14H,1,5-6,15-16H2,2-3H3. The molecule has 29 heavy (non-hydrogen) atoms. The van der Waals surface area contributed by atoms with Crippen molar-refractivity contribution in [1.29, 1.82) is 0 Å². The predicted molar refractivity (Wildman–Crippen MR) is 119 cm³/mol. The van der Waals surface area contributed by atoms with Gasteiger partial charge < -0.3 is 13.9 Å². The third-order valence-corrected chi connectivity index (χ3v) is 5.44. The van der Waals surface area contributed by atoms with Crippen molar-refractivity contribution in [3.8, 4) is 11.5 Å². The Labute approximate surface area is 169 Å². The van der Waals surface area contributed by atoms with Crippen molar-refractivity contribution in [2.45, 2.75) is 20.4 Å². The fraction of sp³-hybridized carbons (Fsp3) is 0.250. The summed E-state index contributed by atoms with van der Waals surface area (Å²) in [6, 6.07) is 15.6. The van der Waals surface area contributed by atoms with Crippen molar-refractivity contribution in [1.82, 2.24) is 14.5 Å². The fourth-order valence-corrected chi connectivity index (χ4v) is 3.67. The average Bonchev–Trinajstić information content (AvgIpc) is 3.22. The van der Waals surface area contributed by atoms with Gasteiger partial charge in [0.25, 0.3) is 5.56 Å². The van der Waals surface area contributed by atoms with Gasteiger partial charge in [-0.3, -0.25) is 4.79 Å². The number of fused-ring (bicyclic) bond motifs is 3. The van der Waals surface area contributed by atoms with E-state index in [4.69, 9.17) is 4.42 Å². The van der Waals surface area contributed by atoms with Crippen LogP contribution in [0.3, 0.4) is 0 Å². The summed E-state index contributed by atoms with van der Waals surface area (Å²) in [6.45, 7) is 11.4. The predicted octanol–water partition coefficient (Wildman–Crippen LogP) is 4.79. The molecule has 0 radical (unpaired) electrons. The monoisotopic (exact) mass is 387 g/mol. The lowest BCUT2D eigenvalue weighted by molar-refractivity contribution is 0.291. The number of nitrogens with zero attached hydrogens (tertiary/aromatic N) is 3. The highest BCUT2D eigenvalue weighted by atomic mass is 16.3. The maximum atomic E-state index is 13.3. The smallest absolute Gasteiger partial charge is 0.280 e. The van der Waals surface area contributed by atoms with E-state index in [0.717, 1.165) is 41.7 Å². The maximum absolute atomic E-state index is 13.3. The Bertz CT molecular complexity index is 1210. The summed E-state index contributed by atoms with van der Waals surface area (Å²) in [7, 11) is 0. The van der Waals surface area contributed by atoms with E-state index >= 15 is 0 Å². The summed E-state index contributed by atoms with van der Waals surface area (Å²) in [6.07, 6.45) is 1.79. The fourth-order valence-electron chi connectivity index (χ4n) is 3.67. The first-order valence-corrected chi connectivity index (χ1v) is 10.0. The van der Waals surface area contributed by atoms with Crippen molar-refractivity contribution in [3.05, 3.63) is 71.0 Å². The van der Waals surface area contributed by atoms with Crippen LogP contribution < -0.4 is 5.56 Å². The van der Waals surface area contributed by atoms with Gasteiger partial charge in [0.1, 0.15) is 0 Å². The Morgan fingerprint density at radius 3 is 2.52 bits per heavy atom. The van der Waals surface area contributed by atoms with E-state index in [-0.39, 0.29) is 5.56 Å². The van der Waals surface area contributed by atoms with E-state index < -0.39 is 0 Å². The van der Waals surface area contributed by atoms with E-state index in [1.807, 2.05) is 53.1 Å². The topological polar surface area (TPSA) is 51.3 Å². The van der Waals surface area contributed by atoms with Crippen molar-refractivity contribution < 1.29 is 4.42 Å². The lowest BCUT2D eigenvalue weighted by atomic mass is 10.1. The largest absolute Gasteiger partial charge is 0.435 e. The third-order valence-electron chi connectivity index (χ3n) is 5.44. The van der Waals surface area contributed by atoms with Crippen LogP contribution in [0.15, 0.2) is 64.3 Å². The minimum atomic E-state index is -0.108. The van der Waals surface area contributed by atoms with Crippen LogP contribution in [0.1, 0.15) is 19.4 Å². The Kier molecular flexibility index (Phi) is 5.32. The molecule has 0 atom stereocenters. The molecule has 4 rings (SSSR count). The number of hydrogen-bond donors (Lipinski definition) is 0. The summed E-state index contributed by atoms with van der Waals surface area (Å²) >= 11 is 0. The Balaban J connectivity index is 1.87. The van der Waals surface area contributed by atoms with Gasteiger partial charge in [0.15, 0.2) is 11.1 Å². The second-order valence-corrected chi connectivity index (χ2v) is 7.02. The van der Waals surface area contributed by atoms with Gasteiger partial charge in [0, 0.05) is 24.0 Å². The second kappa shape index (κ2) is 8.05. The summed E-state index contributed by atoms with van der Waals surface area (Å²) < 4.78 is 7.91. The summed E-state index contributed by atoms with van der Waals surface area (Å²) in [4.78, 5) is 20.2. The molecule has 2 aromatic heterocycles. The zero-order valence-corrected chi connectivity index (χ0v) is 16.9. The Morgan fingerprint density at radius 2 is 1.83 bits per heavy atom. The first-order valence-electron chi connectivity index (χ1n) is 10.0. The minimum absolute atomic E-state index is 0.108. The number of pyridine rings is 1. The molecular weight excluding hydrogens is 362 g/mol. The molecule has 5 nitrogen and oxygen atoms in total. The summed E-state index contributed by atoms with van der Waals surface area (Å²) in [5.41, 5.74) is 3.56. The highest BCUT2D eigenvalue weighted by molar-refractivity contribution is 6.01. The molecule has 0 bridgehead atoms. The molecule has 0 aliphatic heterocycles.